The summed E-state index contributed by atoms with van der Waals surface area (Å²) in [6.07, 6.45) is 5.69. The maximum Gasteiger partial charge on any atom is 0.248 e. The molecule has 1 amide bonds. The van der Waals surface area contributed by atoms with Crippen molar-refractivity contribution in [3.63, 3.8) is 0 Å². The quantitative estimate of drug-likeness (QED) is 0.596. The van der Waals surface area contributed by atoms with Crippen LogP contribution in [0.2, 0.25) is 0 Å². The molecule has 1 fully saturated rings. The van der Waals surface area contributed by atoms with Crippen LogP contribution < -0.4 is 21.7 Å². The first kappa shape index (κ1) is 15.9. The highest BCUT2D eigenvalue weighted by Crippen LogP contribution is 2.25. The molecule has 0 aromatic heterocycles. The number of nitrogens with one attached hydrogen (secondary N) is 1. The van der Waals surface area contributed by atoms with E-state index in [0.717, 1.165) is 24.3 Å². The summed E-state index contributed by atoms with van der Waals surface area (Å²) in [6.45, 7) is 2.15. The lowest BCUT2D eigenvalue weighted by Gasteiger charge is -2.18. The summed E-state index contributed by atoms with van der Waals surface area (Å²) in [4.78, 5) is 14.4. The molecule has 5 heteroatoms. The molecule has 0 spiro atoms. The summed E-state index contributed by atoms with van der Waals surface area (Å²) in [7, 11) is 0. The minimum atomic E-state index is -0.203. The fourth-order valence-electron chi connectivity index (χ4n) is 2.79. The van der Waals surface area contributed by atoms with Crippen LogP contribution in [0.3, 0.4) is 0 Å². The molecule has 1 saturated heterocycles. The minimum Gasteiger partial charge on any atom is -0.399 e. The van der Waals surface area contributed by atoms with E-state index >= 15 is 0 Å². The van der Waals surface area contributed by atoms with Gasteiger partial charge < -0.3 is 21.7 Å². The lowest BCUT2D eigenvalue weighted by atomic mass is 10.1. The Hall–Kier alpha value is -2.95. The van der Waals surface area contributed by atoms with Crippen molar-refractivity contribution < 1.29 is 4.79 Å². The Labute approximate surface area is 141 Å². The van der Waals surface area contributed by atoms with Gasteiger partial charge in [-0.2, -0.15) is 0 Å². The summed E-state index contributed by atoms with van der Waals surface area (Å²) < 4.78 is 0. The molecule has 0 radical (unpaired) electrons. The van der Waals surface area contributed by atoms with Crippen LogP contribution in [0, 0.1) is 0 Å². The maximum absolute atomic E-state index is 12.0. The Kier molecular flexibility index (Phi) is 4.70. The summed E-state index contributed by atoms with van der Waals surface area (Å²) >= 11 is 0. The van der Waals surface area contributed by atoms with Gasteiger partial charge in [-0.3, -0.25) is 4.79 Å². The predicted molar refractivity (Wildman–Crippen MR) is 101 cm³/mol. The van der Waals surface area contributed by atoms with Gasteiger partial charge in [-0.25, -0.2) is 0 Å². The number of carbonyl (C=O) groups excluding carboxylic acids is 1. The number of rotatable bonds is 4. The fourth-order valence-corrected chi connectivity index (χ4v) is 2.79. The van der Waals surface area contributed by atoms with E-state index in [-0.39, 0.29) is 5.91 Å². The molecule has 2 aromatic rings. The highest BCUT2D eigenvalue weighted by molar-refractivity contribution is 6.02. The van der Waals surface area contributed by atoms with Gasteiger partial charge in [-0.1, -0.05) is 0 Å². The normalized spacial score (nSPS) is 14.2. The van der Waals surface area contributed by atoms with Gasteiger partial charge in [-0.15, -0.1) is 0 Å². The van der Waals surface area contributed by atoms with Gasteiger partial charge in [0.15, 0.2) is 0 Å². The summed E-state index contributed by atoms with van der Waals surface area (Å²) in [5, 5.41) is 2.80. The summed E-state index contributed by atoms with van der Waals surface area (Å²) in [6, 6.07) is 13.0. The molecule has 0 atom stereocenters. The topological polar surface area (TPSA) is 84.4 Å². The SMILES string of the molecule is Nc1ccc(NC(=O)C=Cc2cc(N3CCCC3)ccc2N)cc1. The van der Waals surface area contributed by atoms with E-state index in [0.29, 0.717) is 17.1 Å². The molecule has 5 N–H and O–H groups in total. The highest BCUT2D eigenvalue weighted by atomic mass is 16.1. The average molecular weight is 322 g/mol. The molecule has 2 aromatic carbocycles. The van der Waals surface area contributed by atoms with Crippen LogP contribution in [0.4, 0.5) is 22.7 Å². The third-order valence-corrected chi connectivity index (χ3v) is 4.13. The van der Waals surface area contributed by atoms with Crippen molar-refractivity contribution in [2.75, 3.05) is 34.8 Å². The molecule has 3 rings (SSSR count). The van der Waals surface area contributed by atoms with Gasteiger partial charge in [0.1, 0.15) is 0 Å². The second kappa shape index (κ2) is 7.08. The number of amides is 1. The molecule has 0 saturated carbocycles. The molecule has 1 aliphatic rings. The zero-order chi connectivity index (χ0) is 16.9. The number of hydrogen-bond acceptors (Lipinski definition) is 4. The van der Waals surface area contributed by atoms with Gasteiger partial charge in [0.25, 0.3) is 0 Å². The third kappa shape index (κ3) is 3.87. The van der Waals surface area contributed by atoms with Crippen LogP contribution in [0.1, 0.15) is 18.4 Å². The Bertz CT molecular complexity index is 746. The molecule has 124 valence electrons. The van der Waals surface area contributed by atoms with Crippen molar-refractivity contribution in [3.05, 3.63) is 54.1 Å². The van der Waals surface area contributed by atoms with E-state index in [1.165, 1.54) is 18.9 Å². The molecule has 0 bridgehead atoms. The molecular weight excluding hydrogens is 300 g/mol. The smallest absolute Gasteiger partial charge is 0.248 e. The van der Waals surface area contributed by atoms with E-state index in [1.54, 1.807) is 30.3 Å². The van der Waals surface area contributed by atoms with Crippen LogP contribution in [-0.4, -0.2) is 19.0 Å². The Morgan fingerprint density at radius 3 is 2.46 bits per heavy atom. The molecule has 5 nitrogen and oxygen atoms in total. The Balaban J connectivity index is 1.69. The molecule has 1 aliphatic heterocycles. The van der Waals surface area contributed by atoms with Crippen molar-refractivity contribution in [1.29, 1.82) is 0 Å². The Morgan fingerprint density at radius 1 is 1.04 bits per heavy atom. The predicted octanol–water partition coefficient (Wildman–Crippen LogP) is 3.10. The van der Waals surface area contributed by atoms with Crippen LogP contribution >= 0.6 is 0 Å². The summed E-state index contributed by atoms with van der Waals surface area (Å²) in [5.74, 6) is -0.203. The zero-order valence-electron chi connectivity index (χ0n) is 13.5. The third-order valence-electron chi connectivity index (χ3n) is 4.13. The Morgan fingerprint density at radius 2 is 1.75 bits per heavy atom. The minimum absolute atomic E-state index is 0.203. The van der Waals surface area contributed by atoms with Crippen LogP contribution in [0.5, 0.6) is 0 Å². The van der Waals surface area contributed by atoms with Gasteiger partial charge in [0.05, 0.1) is 0 Å². The summed E-state index contributed by atoms with van der Waals surface area (Å²) in [5.41, 5.74) is 15.7. The van der Waals surface area contributed by atoms with Gasteiger partial charge >= 0.3 is 0 Å². The molecule has 0 unspecified atom stereocenters. The maximum atomic E-state index is 12.0. The van der Waals surface area contributed by atoms with Crippen LogP contribution in [0.25, 0.3) is 6.08 Å². The van der Waals surface area contributed by atoms with E-state index in [2.05, 4.69) is 10.2 Å². The van der Waals surface area contributed by atoms with Crippen molar-refractivity contribution in [1.82, 2.24) is 0 Å². The molecular formula is C19H22N4O. The second-order valence-corrected chi connectivity index (χ2v) is 5.95. The van der Waals surface area contributed by atoms with E-state index in [4.69, 9.17) is 11.5 Å². The van der Waals surface area contributed by atoms with Crippen LogP contribution in [-0.2, 0) is 4.79 Å². The van der Waals surface area contributed by atoms with Gasteiger partial charge in [0, 0.05) is 41.9 Å². The second-order valence-electron chi connectivity index (χ2n) is 5.95. The molecule has 1 heterocycles. The number of carbonyl (C=O) groups is 1. The molecule has 0 aliphatic carbocycles. The van der Waals surface area contributed by atoms with Gasteiger partial charge in [-0.05, 0) is 66.9 Å². The largest absolute Gasteiger partial charge is 0.399 e. The number of hydrogen-bond donors (Lipinski definition) is 3. The number of benzene rings is 2. The van der Waals surface area contributed by atoms with Crippen molar-refractivity contribution >= 4 is 34.7 Å². The van der Waals surface area contributed by atoms with Crippen molar-refractivity contribution in [2.45, 2.75) is 12.8 Å². The number of anilines is 4. The fraction of sp³-hybridized carbons (Fsp3) is 0.211. The van der Waals surface area contributed by atoms with Crippen molar-refractivity contribution in [3.8, 4) is 0 Å². The standard InChI is InChI=1S/C19H22N4O/c20-15-4-6-16(7-5-15)22-19(24)10-3-14-13-17(8-9-18(14)21)23-11-1-2-12-23/h3-10,13H,1-2,11-12,20-21H2,(H,22,24). The first-order valence-electron chi connectivity index (χ1n) is 8.11. The van der Waals surface area contributed by atoms with Crippen molar-refractivity contribution in [2.24, 2.45) is 0 Å². The monoisotopic (exact) mass is 322 g/mol. The first-order chi connectivity index (χ1) is 11.6. The number of nitrogens with zero attached hydrogens (tertiary/aromatic N) is 1. The lowest BCUT2D eigenvalue weighted by molar-refractivity contribution is -0.111. The van der Waals surface area contributed by atoms with E-state index < -0.39 is 0 Å². The van der Waals surface area contributed by atoms with E-state index in [1.807, 2.05) is 18.2 Å². The van der Waals surface area contributed by atoms with Crippen LogP contribution in [0.15, 0.2) is 48.5 Å². The zero-order valence-corrected chi connectivity index (χ0v) is 13.5. The number of nitrogens with two attached hydrogens (primary N) is 2. The first-order valence-corrected chi connectivity index (χ1v) is 8.11. The van der Waals surface area contributed by atoms with E-state index in [9.17, 15) is 4.79 Å². The number of nitrogen functional groups attached to an aromatic ring is 2. The van der Waals surface area contributed by atoms with Gasteiger partial charge in [0.2, 0.25) is 5.91 Å². The molecule has 24 heavy (non-hydrogen) atoms. The highest BCUT2D eigenvalue weighted by Gasteiger charge is 2.12. The lowest BCUT2D eigenvalue weighted by Crippen LogP contribution is -2.17. The average Bonchev–Trinajstić information content (AvgIpc) is 3.11.